The third-order valence-corrected chi connectivity index (χ3v) is 3.79. The van der Waals surface area contributed by atoms with Gasteiger partial charge in [0.15, 0.2) is 0 Å². The van der Waals surface area contributed by atoms with Crippen LogP contribution in [0.3, 0.4) is 0 Å². The number of fused-ring (bicyclic) bond motifs is 1. The van der Waals surface area contributed by atoms with Gasteiger partial charge in [-0.25, -0.2) is 0 Å². The number of halogens is 3. The van der Waals surface area contributed by atoms with Crippen LogP contribution in [-0.2, 0) is 0 Å². The van der Waals surface area contributed by atoms with Crippen molar-refractivity contribution in [1.82, 2.24) is 0 Å². The van der Waals surface area contributed by atoms with Crippen molar-refractivity contribution in [3.8, 4) is 5.75 Å². The lowest BCUT2D eigenvalue weighted by Gasteiger charge is -2.23. The summed E-state index contributed by atoms with van der Waals surface area (Å²) in [5.41, 5.74) is 1.16. The molecule has 0 bridgehead atoms. The molecule has 13 heavy (non-hydrogen) atoms. The van der Waals surface area contributed by atoms with Gasteiger partial charge in [0, 0.05) is 19.9 Å². The van der Waals surface area contributed by atoms with E-state index in [9.17, 15) is 0 Å². The molecule has 70 valence electrons. The van der Waals surface area contributed by atoms with Crippen molar-refractivity contribution < 1.29 is 4.74 Å². The van der Waals surface area contributed by atoms with Gasteiger partial charge < -0.3 is 4.74 Å². The molecular weight excluding hydrogens is 319 g/mol. The van der Waals surface area contributed by atoms with Crippen LogP contribution >= 0.6 is 43.5 Å². The van der Waals surface area contributed by atoms with E-state index in [1.54, 1.807) is 0 Å². The van der Waals surface area contributed by atoms with Crippen molar-refractivity contribution in [2.45, 2.75) is 11.2 Å². The molecule has 0 spiro atoms. The van der Waals surface area contributed by atoms with Crippen molar-refractivity contribution in [3.63, 3.8) is 0 Å². The normalized spacial score (nSPS) is 20.7. The molecule has 1 aromatic rings. The van der Waals surface area contributed by atoms with E-state index >= 15 is 0 Å². The van der Waals surface area contributed by atoms with Crippen molar-refractivity contribution in [3.05, 3.63) is 27.2 Å². The summed E-state index contributed by atoms with van der Waals surface area (Å²) in [7, 11) is 0. The molecule has 1 atom stereocenters. The molecule has 1 aliphatic rings. The Balaban J connectivity index is 2.56. The Morgan fingerprint density at radius 2 is 2.23 bits per heavy atom. The summed E-state index contributed by atoms with van der Waals surface area (Å²) in [4.78, 5) is 0.364. The van der Waals surface area contributed by atoms with Gasteiger partial charge in [0.1, 0.15) is 5.75 Å². The lowest BCUT2D eigenvalue weighted by molar-refractivity contribution is 0.287. The van der Waals surface area contributed by atoms with Gasteiger partial charge in [-0.3, -0.25) is 0 Å². The number of ether oxygens (including phenoxy) is 1. The first-order valence-electron chi connectivity index (χ1n) is 3.94. The summed E-state index contributed by atoms with van der Waals surface area (Å²) in [6.07, 6.45) is 0.993. The second-order valence-electron chi connectivity index (χ2n) is 2.90. The lowest BCUT2D eigenvalue weighted by atomic mass is 10.1. The summed E-state index contributed by atoms with van der Waals surface area (Å²) in [5.74, 6) is 0.882. The monoisotopic (exact) mass is 324 g/mol. The highest BCUT2D eigenvalue weighted by atomic mass is 79.9. The fourth-order valence-electron chi connectivity index (χ4n) is 1.40. The SMILES string of the molecule is Clc1cc(Br)c2c(c1)OCCC2Br. The van der Waals surface area contributed by atoms with Gasteiger partial charge >= 0.3 is 0 Å². The zero-order valence-electron chi connectivity index (χ0n) is 6.69. The van der Waals surface area contributed by atoms with Gasteiger partial charge in [0.2, 0.25) is 0 Å². The second-order valence-corrected chi connectivity index (χ2v) is 5.30. The van der Waals surface area contributed by atoms with Crippen LogP contribution in [0.1, 0.15) is 16.8 Å². The largest absolute Gasteiger partial charge is 0.493 e. The molecule has 0 N–H and O–H groups in total. The molecule has 1 unspecified atom stereocenters. The van der Waals surface area contributed by atoms with Gasteiger partial charge in [0.25, 0.3) is 0 Å². The van der Waals surface area contributed by atoms with Gasteiger partial charge in [0.05, 0.1) is 6.61 Å². The molecule has 1 heterocycles. The van der Waals surface area contributed by atoms with E-state index in [0.29, 0.717) is 9.85 Å². The van der Waals surface area contributed by atoms with Gasteiger partial charge in [-0.15, -0.1) is 0 Å². The minimum absolute atomic E-state index is 0.364. The third kappa shape index (κ3) is 1.88. The summed E-state index contributed by atoms with van der Waals surface area (Å²) in [5, 5.41) is 0.701. The number of benzene rings is 1. The van der Waals surface area contributed by atoms with E-state index in [1.165, 1.54) is 0 Å². The fourth-order valence-corrected chi connectivity index (χ4v) is 3.43. The fraction of sp³-hybridized carbons (Fsp3) is 0.333. The van der Waals surface area contributed by atoms with Crippen LogP contribution in [0.4, 0.5) is 0 Å². The molecule has 0 amide bonds. The first-order valence-corrected chi connectivity index (χ1v) is 6.03. The summed E-state index contributed by atoms with van der Waals surface area (Å²) in [6.45, 7) is 0.746. The van der Waals surface area contributed by atoms with Crippen LogP contribution in [0.15, 0.2) is 16.6 Å². The van der Waals surface area contributed by atoms with E-state index in [1.807, 2.05) is 12.1 Å². The van der Waals surface area contributed by atoms with Crippen LogP contribution in [0.25, 0.3) is 0 Å². The predicted octanol–water partition coefficient (Wildman–Crippen LogP) is 4.32. The van der Waals surface area contributed by atoms with E-state index in [-0.39, 0.29) is 0 Å². The number of hydrogen-bond donors (Lipinski definition) is 0. The minimum atomic E-state index is 0.364. The van der Waals surface area contributed by atoms with Crippen molar-refractivity contribution >= 4 is 43.5 Å². The van der Waals surface area contributed by atoms with Gasteiger partial charge in [-0.1, -0.05) is 43.5 Å². The summed E-state index contributed by atoms with van der Waals surface area (Å²) < 4.78 is 6.52. The average Bonchev–Trinajstić information content (AvgIpc) is 2.02. The molecule has 1 aliphatic heterocycles. The summed E-state index contributed by atoms with van der Waals surface area (Å²) >= 11 is 13.0. The van der Waals surface area contributed by atoms with E-state index in [4.69, 9.17) is 16.3 Å². The van der Waals surface area contributed by atoms with Crippen molar-refractivity contribution in [1.29, 1.82) is 0 Å². The zero-order valence-corrected chi connectivity index (χ0v) is 10.6. The quantitative estimate of drug-likeness (QED) is 0.645. The first-order chi connectivity index (χ1) is 6.18. The molecule has 0 aromatic heterocycles. The smallest absolute Gasteiger partial charge is 0.126 e. The molecule has 0 aliphatic carbocycles. The Morgan fingerprint density at radius 3 is 3.00 bits per heavy atom. The van der Waals surface area contributed by atoms with Crippen LogP contribution in [0.5, 0.6) is 5.75 Å². The van der Waals surface area contributed by atoms with Crippen LogP contribution in [0, 0.1) is 0 Å². The Bertz CT molecular complexity index is 341. The predicted molar refractivity (Wildman–Crippen MR) is 60.9 cm³/mol. The standard InChI is InChI=1S/C9H7Br2ClO/c10-6-1-2-13-8-4-5(12)3-7(11)9(6)8/h3-4,6H,1-2H2. The maximum atomic E-state index is 5.90. The molecule has 0 saturated carbocycles. The highest BCUT2D eigenvalue weighted by Crippen LogP contribution is 2.43. The van der Waals surface area contributed by atoms with Crippen molar-refractivity contribution in [2.24, 2.45) is 0 Å². The number of hydrogen-bond acceptors (Lipinski definition) is 1. The highest BCUT2D eigenvalue weighted by Gasteiger charge is 2.22. The first kappa shape index (κ1) is 9.81. The van der Waals surface area contributed by atoms with Crippen LogP contribution in [0.2, 0.25) is 5.02 Å². The molecule has 0 radical (unpaired) electrons. The van der Waals surface area contributed by atoms with Crippen molar-refractivity contribution in [2.75, 3.05) is 6.61 Å². The highest BCUT2D eigenvalue weighted by molar-refractivity contribution is 9.11. The third-order valence-electron chi connectivity index (χ3n) is 2.00. The van der Waals surface area contributed by atoms with E-state index in [2.05, 4.69) is 31.9 Å². The molecule has 1 aromatic carbocycles. The maximum absolute atomic E-state index is 5.90. The average molecular weight is 326 g/mol. The van der Waals surface area contributed by atoms with Gasteiger partial charge in [-0.05, 0) is 18.6 Å². The van der Waals surface area contributed by atoms with E-state index in [0.717, 1.165) is 28.8 Å². The molecule has 4 heteroatoms. The van der Waals surface area contributed by atoms with E-state index < -0.39 is 0 Å². The van der Waals surface area contributed by atoms with Gasteiger partial charge in [-0.2, -0.15) is 0 Å². The van der Waals surface area contributed by atoms with Crippen LogP contribution < -0.4 is 4.74 Å². The second kappa shape index (κ2) is 3.79. The maximum Gasteiger partial charge on any atom is 0.126 e. The Hall–Kier alpha value is 0.270. The molecule has 1 nitrogen and oxygen atoms in total. The molecule has 0 saturated heterocycles. The van der Waals surface area contributed by atoms with Crippen LogP contribution in [-0.4, -0.2) is 6.61 Å². The molecule has 0 fully saturated rings. The lowest BCUT2D eigenvalue weighted by Crippen LogP contribution is -2.10. The Morgan fingerprint density at radius 1 is 1.46 bits per heavy atom. The number of rotatable bonds is 0. The number of alkyl halides is 1. The summed E-state index contributed by atoms with van der Waals surface area (Å²) in [6, 6.07) is 3.75. The Kier molecular flexibility index (Phi) is 2.86. The minimum Gasteiger partial charge on any atom is -0.493 e. The Labute approximate surface area is 98.7 Å². The zero-order chi connectivity index (χ0) is 9.42. The molecule has 2 rings (SSSR count). The molecular formula is C9H7Br2ClO. The topological polar surface area (TPSA) is 9.23 Å².